The number of aryl methyl sites for hydroxylation is 1. The van der Waals surface area contributed by atoms with Crippen molar-refractivity contribution >= 4 is 29.9 Å². The third-order valence-electron chi connectivity index (χ3n) is 3.72. The van der Waals surface area contributed by atoms with Gasteiger partial charge in [0, 0.05) is 19.6 Å². The van der Waals surface area contributed by atoms with Crippen LogP contribution in [0.3, 0.4) is 0 Å². The van der Waals surface area contributed by atoms with Gasteiger partial charge in [-0.3, -0.25) is 4.99 Å². The van der Waals surface area contributed by atoms with E-state index in [2.05, 4.69) is 9.89 Å². The molecule has 0 atom stereocenters. The zero-order valence-electron chi connectivity index (χ0n) is 12.4. The topological polar surface area (TPSA) is 41.6 Å². The molecule has 3 nitrogen and oxygen atoms in total. The molecule has 1 aliphatic rings. The van der Waals surface area contributed by atoms with Crippen LogP contribution in [0.5, 0.6) is 0 Å². The van der Waals surface area contributed by atoms with Crippen molar-refractivity contribution in [3.8, 4) is 0 Å². The highest BCUT2D eigenvalue weighted by Crippen LogP contribution is 2.09. The van der Waals surface area contributed by atoms with Crippen LogP contribution in [0.25, 0.3) is 0 Å². The van der Waals surface area contributed by atoms with Gasteiger partial charge in [-0.05, 0) is 43.4 Å². The van der Waals surface area contributed by atoms with Crippen LogP contribution >= 0.6 is 24.0 Å². The van der Waals surface area contributed by atoms with Gasteiger partial charge in [-0.25, -0.2) is 4.39 Å². The molecule has 0 spiro atoms. The number of benzene rings is 1. The van der Waals surface area contributed by atoms with Crippen molar-refractivity contribution in [3.05, 3.63) is 35.6 Å². The summed E-state index contributed by atoms with van der Waals surface area (Å²) in [4.78, 5) is 6.64. The van der Waals surface area contributed by atoms with Crippen molar-refractivity contribution in [2.24, 2.45) is 10.7 Å². The second-order valence-corrected chi connectivity index (χ2v) is 5.37. The number of hydrogen-bond donors (Lipinski definition) is 1. The molecule has 0 aromatic heterocycles. The van der Waals surface area contributed by atoms with Gasteiger partial charge in [0.2, 0.25) is 0 Å². The lowest BCUT2D eigenvalue weighted by atomic mass is 10.1. The molecule has 118 valence electrons. The number of nitrogens with zero attached hydrogens (tertiary/aromatic N) is 2. The number of aliphatic imine (C=N–C) groups is 1. The molecule has 0 unspecified atom stereocenters. The first-order valence-corrected chi connectivity index (χ1v) is 7.55. The maximum absolute atomic E-state index is 13.0. The van der Waals surface area contributed by atoms with Gasteiger partial charge in [-0.15, -0.1) is 24.0 Å². The van der Waals surface area contributed by atoms with Crippen LogP contribution < -0.4 is 5.73 Å². The molecule has 1 fully saturated rings. The molecule has 21 heavy (non-hydrogen) atoms. The van der Waals surface area contributed by atoms with E-state index in [0.717, 1.165) is 31.5 Å². The molecule has 1 aliphatic heterocycles. The van der Waals surface area contributed by atoms with Crippen molar-refractivity contribution in [2.45, 2.75) is 38.5 Å². The van der Waals surface area contributed by atoms with E-state index >= 15 is 0 Å². The fourth-order valence-electron chi connectivity index (χ4n) is 2.57. The Morgan fingerprint density at radius 2 is 1.90 bits per heavy atom. The van der Waals surface area contributed by atoms with Gasteiger partial charge in [0.15, 0.2) is 5.96 Å². The number of hydrogen-bond acceptors (Lipinski definition) is 1. The summed E-state index contributed by atoms with van der Waals surface area (Å²) in [5.41, 5.74) is 7.06. The lowest BCUT2D eigenvalue weighted by Crippen LogP contribution is -2.38. The molecule has 0 aliphatic carbocycles. The van der Waals surface area contributed by atoms with E-state index in [9.17, 15) is 4.39 Å². The summed E-state index contributed by atoms with van der Waals surface area (Å²) >= 11 is 0. The van der Waals surface area contributed by atoms with Crippen LogP contribution in [0.4, 0.5) is 4.39 Å². The number of nitrogens with two attached hydrogens (primary N) is 1. The Bertz CT molecular complexity index is 443. The maximum Gasteiger partial charge on any atom is 0.191 e. The highest BCUT2D eigenvalue weighted by molar-refractivity contribution is 14.0. The van der Waals surface area contributed by atoms with Crippen LogP contribution in [0.15, 0.2) is 29.3 Å². The smallest absolute Gasteiger partial charge is 0.191 e. The fraction of sp³-hybridized carbons (Fsp3) is 0.562. The van der Waals surface area contributed by atoms with E-state index in [-0.39, 0.29) is 29.8 Å². The zero-order valence-corrected chi connectivity index (χ0v) is 14.8. The third-order valence-corrected chi connectivity index (χ3v) is 3.72. The first kappa shape index (κ1) is 18.2. The van der Waals surface area contributed by atoms with Gasteiger partial charge in [-0.2, -0.15) is 0 Å². The maximum atomic E-state index is 13.0. The van der Waals surface area contributed by atoms with Crippen molar-refractivity contribution < 1.29 is 4.39 Å². The molecule has 0 bridgehead atoms. The van der Waals surface area contributed by atoms with Crippen molar-refractivity contribution in [3.63, 3.8) is 0 Å². The SMILES string of the molecule is I.NC(=NCCCc1cccc(F)c1)N1CCCCCC1. The fourth-order valence-corrected chi connectivity index (χ4v) is 2.57. The van der Waals surface area contributed by atoms with Crippen molar-refractivity contribution in [1.82, 2.24) is 4.90 Å². The van der Waals surface area contributed by atoms with E-state index in [1.165, 1.54) is 31.7 Å². The Morgan fingerprint density at radius 1 is 1.19 bits per heavy atom. The molecule has 5 heteroatoms. The van der Waals surface area contributed by atoms with Crippen molar-refractivity contribution in [2.75, 3.05) is 19.6 Å². The minimum absolute atomic E-state index is 0. The second-order valence-electron chi connectivity index (χ2n) is 5.37. The number of guanidine groups is 1. The largest absolute Gasteiger partial charge is 0.370 e. The summed E-state index contributed by atoms with van der Waals surface area (Å²) in [5, 5.41) is 0. The Kier molecular flexibility index (Phi) is 8.64. The molecule has 1 heterocycles. The molecule has 0 saturated carbocycles. The van der Waals surface area contributed by atoms with Crippen LogP contribution in [0, 0.1) is 5.82 Å². The predicted octanol–water partition coefficient (Wildman–Crippen LogP) is 3.57. The average Bonchev–Trinajstić information content (AvgIpc) is 2.72. The molecule has 2 N–H and O–H groups in total. The van der Waals surface area contributed by atoms with Gasteiger partial charge in [0.25, 0.3) is 0 Å². The molecular formula is C16H25FIN3. The average molecular weight is 405 g/mol. The molecule has 0 amide bonds. The molecule has 0 radical (unpaired) electrons. The second kappa shape index (κ2) is 9.97. The Labute approximate surface area is 143 Å². The number of rotatable bonds is 4. The Hall–Kier alpha value is -0.850. The summed E-state index contributed by atoms with van der Waals surface area (Å²) < 4.78 is 13.0. The van der Waals surface area contributed by atoms with Crippen molar-refractivity contribution in [1.29, 1.82) is 0 Å². The third kappa shape index (κ3) is 6.63. The van der Waals surface area contributed by atoms with Crippen LogP contribution in [0.1, 0.15) is 37.7 Å². The minimum atomic E-state index is -0.171. The normalized spacial score (nSPS) is 16.2. The first-order valence-electron chi connectivity index (χ1n) is 7.55. The summed E-state index contributed by atoms with van der Waals surface area (Å²) in [5.74, 6) is 0.501. The molecule has 1 saturated heterocycles. The van der Waals surface area contributed by atoms with Gasteiger partial charge >= 0.3 is 0 Å². The molecule has 1 aromatic rings. The van der Waals surface area contributed by atoms with Crippen LogP contribution in [-0.4, -0.2) is 30.5 Å². The predicted molar refractivity (Wildman–Crippen MR) is 96.7 cm³/mol. The highest BCUT2D eigenvalue weighted by Gasteiger charge is 2.10. The van der Waals surface area contributed by atoms with Gasteiger partial charge in [0.1, 0.15) is 5.82 Å². The number of halogens is 2. The molecule has 2 rings (SSSR count). The molecule has 1 aromatic carbocycles. The Balaban J connectivity index is 0.00000220. The van der Waals surface area contributed by atoms with Crippen LogP contribution in [-0.2, 0) is 6.42 Å². The van der Waals surface area contributed by atoms with E-state index in [1.54, 1.807) is 12.1 Å². The highest BCUT2D eigenvalue weighted by atomic mass is 127. The summed E-state index contributed by atoms with van der Waals surface area (Å²) in [7, 11) is 0. The van der Waals surface area contributed by atoms with E-state index in [1.807, 2.05) is 6.07 Å². The quantitative estimate of drug-likeness (QED) is 0.360. The van der Waals surface area contributed by atoms with Gasteiger partial charge in [0.05, 0.1) is 0 Å². The monoisotopic (exact) mass is 405 g/mol. The minimum Gasteiger partial charge on any atom is -0.370 e. The van der Waals surface area contributed by atoms with Gasteiger partial charge in [-0.1, -0.05) is 25.0 Å². The summed E-state index contributed by atoms with van der Waals surface area (Å²) in [6, 6.07) is 6.76. The Morgan fingerprint density at radius 3 is 2.57 bits per heavy atom. The number of likely N-dealkylation sites (tertiary alicyclic amines) is 1. The zero-order chi connectivity index (χ0) is 14.2. The van der Waals surface area contributed by atoms with E-state index in [4.69, 9.17) is 5.73 Å². The van der Waals surface area contributed by atoms with Crippen LogP contribution in [0.2, 0.25) is 0 Å². The standard InChI is InChI=1S/C16H24FN3.HI/c17-15-9-5-7-14(13-15)8-6-10-19-16(18)20-11-3-1-2-4-12-20;/h5,7,9,13H,1-4,6,8,10-12H2,(H2,18,19);1H. The lowest BCUT2D eigenvalue weighted by Gasteiger charge is -2.21. The summed E-state index contributed by atoms with van der Waals surface area (Å²) in [6.07, 6.45) is 6.75. The van der Waals surface area contributed by atoms with Gasteiger partial charge < -0.3 is 10.6 Å². The molecular weight excluding hydrogens is 380 g/mol. The summed E-state index contributed by atoms with van der Waals surface area (Å²) in [6.45, 7) is 2.76. The first-order chi connectivity index (χ1) is 9.75. The van der Waals surface area contributed by atoms with E-state index < -0.39 is 0 Å². The van der Waals surface area contributed by atoms with E-state index in [0.29, 0.717) is 12.5 Å². The lowest BCUT2D eigenvalue weighted by molar-refractivity contribution is 0.428.